The number of quaternary nitrogens is 1. The first-order chi connectivity index (χ1) is 15.0. The van der Waals surface area contributed by atoms with Gasteiger partial charge in [-0.15, -0.1) is 5.10 Å². The first-order valence-corrected chi connectivity index (χ1v) is 10.8. The lowest BCUT2D eigenvalue weighted by molar-refractivity contribution is -0.923. The highest BCUT2D eigenvalue weighted by molar-refractivity contribution is 5.83. The number of hydrogen-bond donors (Lipinski definition) is 2. The van der Waals surface area contributed by atoms with Crippen LogP contribution in [0.2, 0.25) is 0 Å². The zero-order valence-corrected chi connectivity index (χ0v) is 18.5. The third kappa shape index (κ3) is 4.01. The van der Waals surface area contributed by atoms with Crippen LogP contribution in [0.25, 0.3) is 10.9 Å². The third-order valence-corrected chi connectivity index (χ3v) is 6.20. The van der Waals surface area contributed by atoms with E-state index in [1.165, 1.54) is 4.90 Å². The Morgan fingerprint density at radius 1 is 1.06 bits per heavy atom. The van der Waals surface area contributed by atoms with Gasteiger partial charge in [0.05, 0.1) is 30.7 Å². The maximum Gasteiger partial charge on any atom is 0.258 e. The van der Waals surface area contributed by atoms with E-state index in [1.807, 2.05) is 35.9 Å². The molecule has 0 amide bonds. The van der Waals surface area contributed by atoms with Crippen LogP contribution in [0.1, 0.15) is 48.0 Å². The maximum atomic E-state index is 13.3. The van der Waals surface area contributed by atoms with Crippen LogP contribution < -0.4 is 10.5 Å². The Hall–Kier alpha value is -3.32. The molecule has 2 heterocycles. The summed E-state index contributed by atoms with van der Waals surface area (Å²) in [7, 11) is 0. The molecule has 2 aromatic heterocycles. The van der Waals surface area contributed by atoms with Crippen molar-refractivity contribution in [3.8, 4) is 0 Å². The summed E-state index contributed by atoms with van der Waals surface area (Å²) in [6, 6.07) is 16.0. The molecule has 0 saturated carbocycles. The van der Waals surface area contributed by atoms with Gasteiger partial charge in [0.15, 0.2) is 6.04 Å². The summed E-state index contributed by atoms with van der Waals surface area (Å²) in [6.45, 7) is 10.6. The number of aromatic amines is 1. The zero-order chi connectivity index (χ0) is 22.0. The van der Waals surface area contributed by atoms with E-state index in [0.29, 0.717) is 17.9 Å². The minimum Gasteiger partial charge on any atom is -0.323 e. The van der Waals surface area contributed by atoms with Gasteiger partial charge < -0.3 is 9.88 Å². The smallest absolute Gasteiger partial charge is 0.258 e. The largest absolute Gasteiger partial charge is 0.323 e. The Labute approximate surface area is 181 Å². The number of hydrogen-bond acceptors (Lipinski definition) is 4. The molecule has 160 valence electrons. The second kappa shape index (κ2) is 8.81. The standard InChI is InChI=1S/C24H28N6O/c1-5-29(6-2)22(23-26-27-28-30(23)15-18-10-8-7-9-11-18)20-14-19-13-12-16(3)17(4)21(19)25-24(20)31/h7-14,22H,5-6,15H2,1-4H3,(H,25,31)/p+1/t22-/m1/s1. The summed E-state index contributed by atoms with van der Waals surface area (Å²) in [5.41, 5.74) is 4.88. The lowest BCUT2D eigenvalue weighted by atomic mass is 10.00. The Balaban J connectivity index is 1.86. The molecule has 2 N–H and O–H groups in total. The summed E-state index contributed by atoms with van der Waals surface area (Å²) in [5, 5.41) is 13.6. The molecule has 0 aliphatic rings. The van der Waals surface area contributed by atoms with Gasteiger partial charge in [-0.05, 0) is 66.3 Å². The Kier molecular flexibility index (Phi) is 5.95. The van der Waals surface area contributed by atoms with E-state index in [1.54, 1.807) is 0 Å². The molecule has 31 heavy (non-hydrogen) atoms. The van der Waals surface area contributed by atoms with Crippen LogP contribution in [-0.4, -0.2) is 38.3 Å². The van der Waals surface area contributed by atoms with E-state index in [0.717, 1.165) is 40.7 Å². The molecule has 0 fully saturated rings. The number of tetrazole rings is 1. The zero-order valence-electron chi connectivity index (χ0n) is 18.5. The first-order valence-electron chi connectivity index (χ1n) is 10.8. The summed E-state index contributed by atoms with van der Waals surface area (Å²) >= 11 is 0. The van der Waals surface area contributed by atoms with Crippen LogP contribution >= 0.6 is 0 Å². The normalized spacial score (nSPS) is 12.5. The lowest BCUT2D eigenvalue weighted by Gasteiger charge is -2.26. The van der Waals surface area contributed by atoms with Crippen molar-refractivity contribution in [3.05, 3.63) is 87.0 Å². The SMILES string of the molecule is CC[NH+](CC)[C@H](c1cc2ccc(C)c(C)c2[nH]c1=O)c1nnnn1Cc1ccccc1. The summed E-state index contributed by atoms with van der Waals surface area (Å²) in [4.78, 5) is 17.7. The van der Waals surface area contributed by atoms with Gasteiger partial charge in [-0.25, -0.2) is 4.68 Å². The highest BCUT2D eigenvalue weighted by atomic mass is 16.1. The molecule has 0 unspecified atom stereocenters. The fourth-order valence-electron chi connectivity index (χ4n) is 4.24. The number of pyridine rings is 1. The summed E-state index contributed by atoms with van der Waals surface area (Å²) < 4.78 is 1.81. The predicted octanol–water partition coefficient (Wildman–Crippen LogP) is 2.19. The molecule has 0 radical (unpaired) electrons. The molecule has 0 aliphatic heterocycles. The number of aryl methyl sites for hydroxylation is 2. The molecule has 7 nitrogen and oxygen atoms in total. The van der Waals surface area contributed by atoms with Gasteiger partial charge in [0.25, 0.3) is 5.56 Å². The highest BCUT2D eigenvalue weighted by Gasteiger charge is 2.32. The molecular formula is C24H29N6O+. The van der Waals surface area contributed by atoms with Crippen molar-refractivity contribution in [2.24, 2.45) is 0 Å². The van der Waals surface area contributed by atoms with E-state index < -0.39 is 0 Å². The second-order valence-corrected chi connectivity index (χ2v) is 8.00. The second-order valence-electron chi connectivity index (χ2n) is 8.00. The predicted molar refractivity (Wildman–Crippen MR) is 121 cm³/mol. The van der Waals surface area contributed by atoms with Gasteiger partial charge in [0, 0.05) is 0 Å². The van der Waals surface area contributed by atoms with Gasteiger partial charge in [0.2, 0.25) is 5.82 Å². The van der Waals surface area contributed by atoms with Gasteiger partial charge in [-0.1, -0.05) is 42.5 Å². The fourth-order valence-corrected chi connectivity index (χ4v) is 4.24. The quantitative estimate of drug-likeness (QED) is 0.483. The number of aromatic nitrogens is 5. The van der Waals surface area contributed by atoms with E-state index >= 15 is 0 Å². The molecule has 0 saturated heterocycles. The lowest BCUT2D eigenvalue weighted by Crippen LogP contribution is -3.12. The molecule has 0 bridgehead atoms. The van der Waals surface area contributed by atoms with Crippen LogP contribution in [0.4, 0.5) is 0 Å². The summed E-state index contributed by atoms with van der Waals surface area (Å²) in [6.07, 6.45) is 0. The number of H-pyrrole nitrogens is 1. The van der Waals surface area contributed by atoms with E-state index in [9.17, 15) is 4.79 Å². The molecule has 7 heteroatoms. The van der Waals surface area contributed by atoms with Gasteiger partial charge in [-0.3, -0.25) is 4.79 Å². The number of fused-ring (bicyclic) bond motifs is 1. The van der Waals surface area contributed by atoms with Crippen molar-refractivity contribution in [2.45, 2.75) is 40.3 Å². The van der Waals surface area contributed by atoms with Gasteiger partial charge >= 0.3 is 0 Å². The molecule has 2 aromatic carbocycles. The minimum atomic E-state index is -0.261. The number of nitrogens with one attached hydrogen (secondary N) is 2. The van der Waals surface area contributed by atoms with E-state index in [-0.39, 0.29) is 11.6 Å². The van der Waals surface area contributed by atoms with Crippen molar-refractivity contribution in [3.63, 3.8) is 0 Å². The average Bonchev–Trinajstić information content (AvgIpc) is 3.23. The van der Waals surface area contributed by atoms with Gasteiger partial charge in [-0.2, -0.15) is 0 Å². The monoisotopic (exact) mass is 417 g/mol. The van der Waals surface area contributed by atoms with Crippen LogP contribution in [-0.2, 0) is 6.54 Å². The fraction of sp³-hybridized carbons (Fsp3) is 0.333. The van der Waals surface area contributed by atoms with Gasteiger partial charge in [0.1, 0.15) is 0 Å². The van der Waals surface area contributed by atoms with Crippen molar-refractivity contribution in [1.82, 2.24) is 25.2 Å². The molecule has 0 spiro atoms. The molecule has 4 aromatic rings. The Morgan fingerprint density at radius 3 is 2.52 bits per heavy atom. The van der Waals surface area contributed by atoms with E-state index in [4.69, 9.17) is 0 Å². The molecule has 4 rings (SSSR count). The molecule has 1 atom stereocenters. The topological polar surface area (TPSA) is 80.9 Å². The maximum absolute atomic E-state index is 13.3. The Bertz CT molecular complexity index is 1240. The van der Waals surface area contributed by atoms with Crippen LogP contribution in [0.5, 0.6) is 0 Å². The first kappa shape index (κ1) is 20.9. The number of rotatable bonds is 7. The van der Waals surface area contributed by atoms with Crippen molar-refractivity contribution in [1.29, 1.82) is 0 Å². The minimum absolute atomic E-state index is 0.0835. The van der Waals surface area contributed by atoms with Crippen molar-refractivity contribution < 1.29 is 4.90 Å². The number of benzene rings is 2. The third-order valence-electron chi connectivity index (χ3n) is 6.20. The molecule has 0 aliphatic carbocycles. The van der Waals surface area contributed by atoms with Crippen LogP contribution in [0.15, 0.2) is 53.3 Å². The highest BCUT2D eigenvalue weighted by Crippen LogP contribution is 2.22. The summed E-state index contributed by atoms with van der Waals surface area (Å²) in [5.74, 6) is 0.705. The average molecular weight is 418 g/mol. The molecular weight excluding hydrogens is 388 g/mol. The van der Waals surface area contributed by atoms with Crippen molar-refractivity contribution in [2.75, 3.05) is 13.1 Å². The Morgan fingerprint density at radius 2 is 1.81 bits per heavy atom. The number of nitrogens with zero attached hydrogens (tertiary/aromatic N) is 4. The van der Waals surface area contributed by atoms with Crippen molar-refractivity contribution >= 4 is 10.9 Å². The van der Waals surface area contributed by atoms with E-state index in [2.05, 4.69) is 65.5 Å². The van der Waals surface area contributed by atoms with Crippen LogP contribution in [0.3, 0.4) is 0 Å². The van der Waals surface area contributed by atoms with Crippen LogP contribution in [0, 0.1) is 13.8 Å².